The number of amides is 1. The molecule has 1 aromatic rings. The van der Waals surface area contributed by atoms with Gasteiger partial charge in [0.1, 0.15) is 6.10 Å². The summed E-state index contributed by atoms with van der Waals surface area (Å²) in [6.07, 6.45) is 6.36. The van der Waals surface area contributed by atoms with Crippen LogP contribution in [0.25, 0.3) is 6.08 Å². The van der Waals surface area contributed by atoms with Crippen molar-refractivity contribution < 1.29 is 19.1 Å². The number of carbonyl (C=O) groups excluding carboxylic acids is 2. The van der Waals surface area contributed by atoms with Gasteiger partial charge in [0, 0.05) is 20.2 Å². The number of hydrogen-bond donors (Lipinski definition) is 0. The van der Waals surface area contributed by atoms with Crippen LogP contribution in [0, 0.1) is 0 Å². The van der Waals surface area contributed by atoms with Gasteiger partial charge in [0.05, 0.1) is 18.6 Å². The second-order valence-electron chi connectivity index (χ2n) is 6.32. The molecule has 5 heteroatoms. The highest BCUT2D eigenvalue weighted by Gasteiger charge is 2.33. The van der Waals surface area contributed by atoms with E-state index >= 15 is 0 Å². The molecule has 3 atom stereocenters. The molecule has 1 aliphatic carbocycles. The molecule has 0 N–H and O–H groups in total. The van der Waals surface area contributed by atoms with Crippen molar-refractivity contribution in [3.8, 4) is 0 Å². The van der Waals surface area contributed by atoms with Crippen molar-refractivity contribution in [2.45, 2.75) is 50.9 Å². The number of benzene rings is 1. The number of methoxy groups -OCH3 is 1. The number of rotatable bonds is 4. The molecule has 1 heterocycles. The summed E-state index contributed by atoms with van der Waals surface area (Å²) in [5.74, 6) is -0.375. The first-order valence-electron chi connectivity index (χ1n) is 8.38. The highest BCUT2D eigenvalue weighted by atomic mass is 16.6. The van der Waals surface area contributed by atoms with Crippen molar-refractivity contribution in [3.63, 3.8) is 0 Å². The van der Waals surface area contributed by atoms with Crippen molar-refractivity contribution in [1.82, 2.24) is 4.90 Å². The highest BCUT2D eigenvalue weighted by molar-refractivity contribution is 5.80. The summed E-state index contributed by atoms with van der Waals surface area (Å²) in [4.78, 5) is 26.0. The molecular weight excluding hydrogens is 306 g/mol. The lowest BCUT2D eigenvalue weighted by molar-refractivity contribution is -0.156. The Bertz CT molecular complexity index is 655. The lowest BCUT2D eigenvalue weighted by Crippen LogP contribution is -2.34. The number of esters is 1. The summed E-state index contributed by atoms with van der Waals surface area (Å²) in [5, 5.41) is 0. The maximum absolute atomic E-state index is 12.5. The van der Waals surface area contributed by atoms with Gasteiger partial charge in [0.15, 0.2) is 0 Å². The van der Waals surface area contributed by atoms with E-state index < -0.39 is 0 Å². The van der Waals surface area contributed by atoms with Gasteiger partial charge in [0.2, 0.25) is 5.91 Å². The zero-order valence-corrected chi connectivity index (χ0v) is 14.1. The number of carbonyl (C=O) groups is 2. The van der Waals surface area contributed by atoms with Gasteiger partial charge >= 0.3 is 5.97 Å². The van der Waals surface area contributed by atoms with Gasteiger partial charge in [-0.05, 0) is 36.5 Å². The third-order valence-electron chi connectivity index (χ3n) is 4.81. The van der Waals surface area contributed by atoms with Gasteiger partial charge < -0.3 is 14.4 Å². The molecule has 1 saturated carbocycles. The molecule has 24 heavy (non-hydrogen) atoms. The van der Waals surface area contributed by atoms with E-state index in [0.717, 1.165) is 30.4 Å². The third-order valence-corrected chi connectivity index (χ3v) is 4.81. The number of ether oxygens (including phenoxy) is 2. The Labute approximate surface area is 142 Å². The molecule has 1 fully saturated rings. The van der Waals surface area contributed by atoms with Crippen molar-refractivity contribution in [1.29, 1.82) is 0 Å². The van der Waals surface area contributed by atoms with E-state index in [4.69, 9.17) is 9.47 Å². The Hall–Kier alpha value is -2.14. The minimum atomic E-state index is -0.321. The Kier molecular flexibility index (Phi) is 5.00. The maximum atomic E-state index is 12.5. The molecular formula is C19H23NO4. The molecule has 1 aliphatic heterocycles. The first-order valence-corrected chi connectivity index (χ1v) is 8.38. The molecule has 3 rings (SSSR count). The summed E-state index contributed by atoms with van der Waals surface area (Å²) in [6, 6.07) is 7.49. The van der Waals surface area contributed by atoms with Crippen molar-refractivity contribution in [3.05, 3.63) is 41.6 Å². The minimum absolute atomic E-state index is 0.0172. The van der Waals surface area contributed by atoms with Crippen LogP contribution in [0.4, 0.5) is 0 Å². The summed E-state index contributed by atoms with van der Waals surface area (Å²) < 4.78 is 11.0. The third kappa shape index (κ3) is 3.36. The summed E-state index contributed by atoms with van der Waals surface area (Å²) in [6.45, 7) is 1.51. The van der Waals surface area contributed by atoms with E-state index in [1.165, 1.54) is 6.92 Å². The van der Waals surface area contributed by atoms with E-state index in [1.807, 2.05) is 30.3 Å². The lowest BCUT2D eigenvalue weighted by Gasteiger charge is -2.32. The zero-order valence-electron chi connectivity index (χ0n) is 14.1. The molecule has 0 aromatic heterocycles. The molecule has 1 aromatic carbocycles. The second-order valence-corrected chi connectivity index (χ2v) is 6.32. The fourth-order valence-corrected chi connectivity index (χ4v) is 3.58. The summed E-state index contributed by atoms with van der Waals surface area (Å²) in [5.41, 5.74) is 2.00. The molecule has 0 unspecified atom stereocenters. The van der Waals surface area contributed by atoms with Crippen molar-refractivity contribution in [2.75, 3.05) is 7.11 Å². The minimum Gasteiger partial charge on any atom is -0.460 e. The van der Waals surface area contributed by atoms with E-state index in [-0.39, 0.29) is 36.5 Å². The fraction of sp³-hybridized carbons (Fsp3) is 0.474. The molecule has 5 nitrogen and oxygen atoms in total. The maximum Gasteiger partial charge on any atom is 0.308 e. The number of hydrogen-bond acceptors (Lipinski definition) is 4. The van der Waals surface area contributed by atoms with Crippen LogP contribution in [-0.4, -0.2) is 36.1 Å². The largest absolute Gasteiger partial charge is 0.460 e. The molecule has 1 amide bonds. The highest BCUT2D eigenvalue weighted by Crippen LogP contribution is 2.34. The van der Waals surface area contributed by atoms with Gasteiger partial charge in [-0.25, -0.2) is 0 Å². The lowest BCUT2D eigenvalue weighted by atomic mass is 9.94. The number of fused-ring (bicyclic) bond motifs is 1. The standard InChI is InChI=1S/C19H23NO4/c1-13(21)20-11-10-14-6-3-4-7-15(14)16(20)12-19(22)24-18-9-5-8-17(18)23-2/h3-4,6-7,10-11,16-18H,5,8-9,12H2,1-2H3/t16-,17+,18+/m0/s1. The van der Waals surface area contributed by atoms with Crippen LogP contribution in [-0.2, 0) is 19.1 Å². The van der Waals surface area contributed by atoms with E-state index in [0.29, 0.717) is 0 Å². The smallest absolute Gasteiger partial charge is 0.308 e. The van der Waals surface area contributed by atoms with Crippen LogP contribution in [0.5, 0.6) is 0 Å². The normalized spacial score (nSPS) is 25.4. The van der Waals surface area contributed by atoms with Crippen molar-refractivity contribution in [2.24, 2.45) is 0 Å². The summed E-state index contributed by atoms with van der Waals surface area (Å²) >= 11 is 0. The summed E-state index contributed by atoms with van der Waals surface area (Å²) in [7, 11) is 1.65. The van der Waals surface area contributed by atoms with Gasteiger partial charge in [0.25, 0.3) is 0 Å². The van der Waals surface area contributed by atoms with Gasteiger partial charge in [-0.3, -0.25) is 9.59 Å². The average molecular weight is 329 g/mol. The quantitative estimate of drug-likeness (QED) is 0.797. The van der Waals surface area contributed by atoms with Crippen LogP contribution >= 0.6 is 0 Å². The van der Waals surface area contributed by atoms with Crippen LogP contribution in [0.1, 0.15) is 49.8 Å². The molecule has 0 bridgehead atoms. The Morgan fingerprint density at radius 2 is 1.96 bits per heavy atom. The molecule has 0 radical (unpaired) electrons. The molecule has 128 valence electrons. The van der Waals surface area contributed by atoms with Crippen LogP contribution in [0.2, 0.25) is 0 Å². The van der Waals surface area contributed by atoms with Crippen LogP contribution in [0.3, 0.4) is 0 Å². The molecule has 0 spiro atoms. The van der Waals surface area contributed by atoms with Crippen LogP contribution < -0.4 is 0 Å². The van der Waals surface area contributed by atoms with Gasteiger partial charge in [-0.1, -0.05) is 24.3 Å². The average Bonchev–Trinajstić information content (AvgIpc) is 3.01. The first kappa shape index (κ1) is 16.7. The van der Waals surface area contributed by atoms with Crippen LogP contribution in [0.15, 0.2) is 30.5 Å². The Morgan fingerprint density at radius 1 is 1.21 bits per heavy atom. The monoisotopic (exact) mass is 329 g/mol. The zero-order chi connectivity index (χ0) is 17.1. The van der Waals surface area contributed by atoms with E-state index in [2.05, 4.69) is 0 Å². The molecule has 0 saturated heterocycles. The SMILES string of the molecule is CO[C@@H]1CCC[C@H]1OC(=O)C[C@H]1c2ccccc2C=CN1C(C)=O. The van der Waals surface area contributed by atoms with Gasteiger partial charge in [-0.15, -0.1) is 0 Å². The predicted octanol–water partition coefficient (Wildman–Crippen LogP) is 3.06. The first-order chi connectivity index (χ1) is 11.6. The predicted molar refractivity (Wildman–Crippen MR) is 89.9 cm³/mol. The fourth-order valence-electron chi connectivity index (χ4n) is 3.58. The molecule has 2 aliphatic rings. The Balaban J connectivity index is 1.75. The Morgan fingerprint density at radius 3 is 2.71 bits per heavy atom. The van der Waals surface area contributed by atoms with E-state index in [9.17, 15) is 9.59 Å². The second kappa shape index (κ2) is 7.18. The van der Waals surface area contributed by atoms with Crippen molar-refractivity contribution >= 4 is 18.0 Å². The van der Waals surface area contributed by atoms with Gasteiger partial charge in [-0.2, -0.15) is 0 Å². The topological polar surface area (TPSA) is 55.8 Å². The van der Waals surface area contributed by atoms with E-state index in [1.54, 1.807) is 18.2 Å². The number of nitrogens with zero attached hydrogens (tertiary/aromatic N) is 1.